The van der Waals surface area contributed by atoms with Crippen LogP contribution in [0.3, 0.4) is 0 Å². The molecule has 2 N–H and O–H groups in total. The predicted molar refractivity (Wildman–Crippen MR) is 71.5 cm³/mol. The Balaban J connectivity index is 1.78. The summed E-state index contributed by atoms with van der Waals surface area (Å²) >= 11 is 1.60. The average molecular weight is 262 g/mol. The Bertz CT molecular complexity index is 541. The molecule has 3 heterocycles. The topological polar surface area (TPSA) is 72.1 Å². The van der Waals surface area contributed by atoms with Gasteiger partial charge in [-0.3, -0.25) is 4.79 Å². The third kappa shape index (κ3) is 2.03. The molecule has 0 bridgehead atoms. The van der Waals surface area contributed by atoms with Crippen molar-refractivity contribution in [3.63, 3.8) is 0 Å². The van der Waals surface area contributed by atoms with Gasteiger partial charge in [0.1, 0.15) is 10.3 Å². The Labute approximate surface area is 109 Å². The molecule has 3 rings (SSSR count). The van der Waals surface area contributed by atoms with E-state index in [1.807, 2.05) is 12.1 Å². The molecule has 1 aliphatic rings. The van der Waals surface area contributed by atoms with E-state index >= 15 is 0 Å². The number of rotatable bonds is 2. The Kier molecular flexibility index (Phi) is 2.87. The number of piperidine rings is 1. The molecular formula is C12H14N4OS. The van der Waals surface area contributed by atoms with Crippen molar-refractivity contribution in [3.05, 3.63) is 18.3 Å². The molecule has 6 heteroatoms. The van der Waals surface area contributed by atoms with E-state index in [9.17, 15) is 4.79 Å². The summed E-state index contributed by atoms with van der Waals surface area (Å²) in [4.78, 5) is 23.2. The molecule has 94 valence electrons. The van der Waals surface area contributed by atoms with Crippen LogP contribution >= 0.6 is 11.3 Å². The zero-order chi connectivity index (χ0) is 12.5. The average Bonchev–Trinajstić information content (AvgIpc) is 2.82. The van der Waals surface area contributed by atoms with Gasteiger partial charge in [-0.1, -0.05) is 11.3 Å². The quantitative estimate of drug-likeness (QED) is 0.887. The Morgan fingerprint density at radius 2 is 2.22 bits per heavy atom. The van der Waals surface area contributed by atoms with E-state index in [1.165, 1.54) is 0 Å². The second-order valence-corrected chi connectivity index (χ2v) is 5.44. The van der Waals surface area contributed by atoms with Crippen LogP contribution in [-0.2, 0) is 4.79 Å². The number of anilines is 1. The highest BCUT2D eigenvalue weighted by atomic mass is 32.1. The molecule has 1 saturated heterocycles. The summed E-state index contributed by atoms with van der Waals surface area (Å²) in [5, 5.41) is 0.992. The molecule has 0 aromatic carbocycles. The molecule has 0 unspecified atom stereocenters. The molecule has 0 radical (unpaired) electrons. The first-order chi connectivity index (χ1) is 8.74. The maximum Gasteiger partial charge on any atom is 0.220 e. The number of fused-ring (bicyclic) bond motifs is 1. The number of hydrogen-bond donors (Lipinski definition) is 1. The first-order valence-electron chi connectivity index (χ1n) is 6.00. The number of thiazole rings is 1. The monoisotopic (exact) mass is 262 g/mol. The standard InChI is InChI=1S/C12H14N4OS/c13-10(17)8-3-6-16(7-4-8)12-15-9-2-1-5-14-11(9)18-12/h1-2,5,8H,3-4,6-7H2,(H2,13,17). The minimum absolute atomic E-state index is 0.0220. The lowest BCUT2D eigenvalue weighted by molar-refractivity contribution is -0.122. The molecule has 0 aliphatic carbocycles. The molecule has 2 aromatic heterocycles. The molecule has 1 aliphatic heterocycles. The Hall–Kier alpha value is -1.69. The summed E-state index contributed by atoms with van der Waals surface area (Å²) in [6.07, 6.45) is 3.42. The van der Waals surface area contributed by atoms with Crippen LogP contribution in [0.5, 0.6) is 0 Å². The second kappa shape index (κ2) is 4.53. The molecule has 5 nitrogen and oxygen atoms in total. The van der Waals surface area contributed by atoms with Gasteiger partial charge in [0.2, 0.25) is 5.91 Å². The minimum Gasteiger partial charge on any atom is -0.369 e. The molecule has 0 atom stereocenters. The van der Waals surface area contributed by atoms with Crippen molar-refractivity contribution in [1.82, 2.24) is 9.97 Å². The zero-order valence-corrected chi connectivity index (χ0v) is 10.7. The highest BCUT2D eigenvalue weighted by molar-refractivity contribution is 7.21. The number of carbonyl (C=O) groups excluding carboxylic acids is 1. The highest BCUT2D eigenvalue weighted by Crippen LogP contribution is 2.30. The highest BCUT2D eigenvalue weighted by Gasteiger charge is 2.24. The van der Waals surface area contributed by atoms with Gasteiger partial charge < -0.3 is 10.6 Å². The second-order valence-electron chi connectivity index (χ2n) is 4.49. The first kappa shape index (κ1) is 11.4. The maximum atomic E-state index is 11.1. The van der Waals surface area contributed by atoms with Gasteiger partial charge in [-0.2, -0.15) is 0 Å². The van der Waals surface area contributed by atoms with Crippen LogP contribution in [0.4, 0.5) is 5.13 Å². The fourth-order valence-electron chi connectivity index (χ4n) is 2.25. The lowest BCUT2D eigenvalue weighted by Crippen LogP contribution is -2.38. The number of hydrogen-bond acceptors (Lipinski definition) is 5. The smallest absolute Gasteiger partial charge is 0.220 e. The third-order valence-electron chi connectivity index (χ3n) is 3.32. The molecule has 1 fully saturated rings. The van der Waals surface area contributed by atoms with Crippen molar-refractivity contribution in [2.45, 2.75) is 12.8 Å². The van der Waals surface area contributed by atoms with Crippen LogP contribution < -0.4 is 10.6 Å². The van der Waals surface area contributed by atoms with Gasteiger partial charge in [0, 0.05) is 25.2 Å². The molecule has 0 saturated carbocycles. The van der Waals surface area contributed by atoms with Crippen LogP contribution in [0.2, 0.25) is 0 Å². The SMILES string of the molecule is NC(=O)C1CCN(c2nc3cccnc3s2)CC1. The summed E-state index contributed by atoms with van der Waals surface area (Å²) in [6, 6.07) is 3.86. The van der Waals surface area contributed by atoms with E-state index < -0.39 is 0 Å². The van der Waals surface area contributed by atoms with Crippen molar-refractivity contribution in [2.24, 2.45) is 11.7 Å². The van der Waals surface area contributed by atoms with E-state index in [-0.39, 0.29) is 11.8 Å². The van der Waals surface area contributed by atoms with Crippen molar-refractivity contribution >= 4 is 32.7 Å². The van der Waals surface area contributed by atoms with Gasteiger partial charge >= 0.3 is 0 Å². The number of aromatic nitrogens is 2. The van der Waals surface area contributed by atoms with E-state index in [0.717, 1.165) is 41.4 Å². The van der Waals surface area contributed by atoms with Crippen molar-refractivity contribution < 1.29 is 4.79 Å². The van der Waals surface area contributed by atoms with Crippen LogP contribution in [0, 0.1) is 5.92 Å². The van der Waals surface area contributed by atoms with Crippen molar-refractivity contribution in [2.75, 3.05) is 18.0 Å². The van der Waals surface area contributed by atoms with Gasteiger partial charge in [0.15, 0.2) is 5.13 Å². The molecular weight excluding hydrogens is 248 g/mol. The Morgan fingerprint density at radius 1 is 1.44 bits per heavy atom. The zero-order valence-electron chi connectivity index (χ0n) is 9.87. The van der Waals surface area contributed by atoms with Crippen LogP contribution in [0.15, 0.2) is 18.3 Å². The fraction of sp³-hybridized carbons (Fsp3) is 0.417. The summed E-state index contributed by atoms with van der Waals surface area (Å²) in [7, 11) is 0. The number of nitrogens with zero attached hydrogens (tertiary/aromatic N) is 3. The molecule has 2 aromatic rings. The summed E-state index contributed by atoms with van der Waals surface area (Å²) < 4.78 is 0. The lowest BCUT2D eigenvalue weighted by Gasteiger charge is -2.30. The predicted octanol–water partition coefficient (Wildman–Crippen LogP) is 1.39. The summed E-state index contributed by atoms with van der Waals surface area (Å²) in [5.74, 6) is -0.158. The number of pyridine rings is 1. The molecule has 0 spiro atoms. The normalized spacial score (nSPS) is 17.2. The first-order valence-corrected chi connectivity index (χ1v) is 6.81. The number of nitrogens with two attached hydrogens (primary N) is 1. The lowest BCUT2D eigenvalue weighted by atomic mass is 9.97. The largest absolute Gasteiger partial charge is 0.369 e. The van der Waals surface area contributed by atoms with Crippen molar-refractivity contribution in [1.29, 1.82) is 0 Å². The summed E-state index contributed by atoms with van der Waals surface area (Å²) in [6.45, 7) is 1.68. The van der Waals surface area contributed by atoms with Gasteiger partial charge in [-0.25, -0.2) is 9.97 Å². The van der Waals surface area contributed by atoms with Gasteiger partial charge in [0.05, 0.1) is 0 Å². The summed E-state index contributed by atoms with van der Waals surface area (Å²) in [5.41, 5.74) is 6.27. The van der Waals surface area contributed by atoms with Gasteiger partial charge in [-0.05, 0) is 25.0 Å². The van der Waals surface area contributed by atoms with Gasteiger partial charge in [-0.15, -0.1) is 0 Å². The number of amides is 1. The third-order valence-corrected chi connectivity index (χ3v) is 4.36. The van der Waals surface area contributed by atoms with E-state index in [2.05, 4.69) is 14.9 Å². The molecule has 18 heavy (non-hydrogen) atoms. The van der Waals surface area contributed by atoms with Crippen LogP contribution in [0.25, 0.3) is 10.3 Å². The number of primary amides is 1. The number of carbonyl (C=O) groups is 1. The minimum atomic E-state index is -0.180. The maximum absolute atomic E-state index is 11.1. The van der Waals surface area contributed by atoms with E-state index in [1.54, 1.807) is 17.5 Å². The van der Waals surface area contributed by atoms with Crippen molar-refractivity contribution in [3.8, 4) is 0 Å². The van der Waals surface area contributed by atoms with E-state index in [4.69, 9.17) is 5.73 Å². The van der Waals surface area contributed by atoms with Crippen LogP contribution in [-0.4, -0.2) is 29.0 Å². The Morgan fingerprint density at radius 3 is 2.89 bits per heavy atom. The van der Waals surface area contributed by atoms with Gasteiger partial charge in [0.25, 0.3) is 0 Å². The molecule has 1 amide bonds. The van der Waals surface area contributed by atoms with Crippen LogP contribution in [0.1, 0.15) is 12.8 Å². The van der Waals surface area contributed by atoms with E-state index in [0.29, 0.717) is 0 Å². The fourth-order valence-corrected chi connectivity index (χ4v) is 3.21.